The first-order valence-electron chi connectivity index (χ1n) is 7.49. The van der Waals surface area contributed by atoms with Gasteiger partial charge in [0.15, 0.2) is 0 Å². The highest BCUT2D eigenvalue weighted by Crippen LogP contribution is 2.26. The van der Waals surface area contributed by atoms with Gasteiger partial charge in [0.1, 0.15) is 10.7 Å². The Labute approximate surface area is 125 Å². The fourth-order valence-electron chi connectivity index (χ4n) is 2.67. The van der Waals surface area contributed by atoms with Gasteiger partial charge < -0.3 is 5.32 Å². The molecule has 3 rings (SSSR count). The Morgan fingerprint density at radius 2 is 2.10 bits per heavy atom. The zero-order chi connectivity index (χ0) is 15.0. The molecule has 0 radical (unpaired) electrons. The topological polar surface area (TPSA) is 49.4 Å². The fourth-order valence-corrected chi connectivity index (χ4v) is 4.29. The van der Waals surface area contributed by atoms with Crippen LogP contribution >= 0.6 is 0 Å². The van der Waals surface area contributed by atoms with E-state index in [0.717, 1.165) is 12.0 Å². The third-order valence-corrected chi connectivity index (χ3v) is 6.07. The molecule has 1 N–H and O–H groups in total. The first kappa shape index (κ1) is 14.9. The molecule has 0 amide bonds. The van der Waals surface area contributed by atoms with Gasteiger partial charge in [-0.1, -0.05) is 13.0 Å². The summed E-state index contributed by atoms with van der Waals surface area (Å²) in [6.07, 6.45) is 3.18. The second kappa shape index (κ2) is 5.66. The van der Waals surface area contributed by atoms with Crippen LogP contribution in [0.4, 0.5) is 4.39 Å². The van der Waals surface area contributed by atoms with Crippen LogP contribution in [0.15, 0.2) is 23.1 Å². The third-order valence-electron chi connectivity index (χ3n) is 4.17. The van der Waals surface area contributed by atoms with Gasteiger partial charge in [-0.25, -0.2) is 12.8 Å². The smallest absolute Gasteiger partial charge is 0.245 e. The van der Waals surface area contributed by atoms with E-state index < -0.39 is 15.8 Å². The van der Waals surface area contributed by atoms with Crippen LogP contribution in [0.2, 0.25) is 0 Å². The highest BCUT2D eigenvalue weighted by Gasteiger charge is 2.32. The maximum Gasteiger partial charge on any atom is 0.245 e. The molecule has 1 aromatic carbocycles. The van der Waals surface area contributed by atoms with Crippen molar-refractivity contribution in [1.29, 1.82) is 0 Å². The number of sulfonamides is 1. The van der Waals surface area contributed by atoms with E-state index in [2.05, 4.69) is 5.32 Å². The van der Waals surface area contributed by atoms with E-state index in [-0.39, 0.29) is 4.90 Å². The maximum absolute atomic E-state index is 14.2. The summed E-state index contributed by atoms with van der Waals surface area (Å²) in [4.78, 5) is -0.202. The van der Waals surface area contributed by atoms with Crippen LogP contribution < -0.4 is 5.32 Å². The third kappa shape index (κ3) is 3.27. The molecule has 1 saturated carbocycles. The molecule has 1 atom stereocenters. The molecular formula is C15H21FN2O2S. The monoisotopic (exact) mass is 312 g/mol. The van der Waals surface area contributed by atoms with E-state index in [0.29, 0.717) is 31.6 Å². The first-order valence-corrected chi connectivity index (χ1v) is 8.93. The van der Waals surface area contributed by atoms with Crippen LogP contribution in [0.1, 0.15) is 31.7 Å². The standard InChI is InChI=1S/C15H21FN2O2S/c1-11-6-7-18(10-11)21(19,20)15-5-2-12(8-14(15)16)9-17-13-3-4-13/h2,5,8,11,13,17H,3-4,6-7,9-10H2,1H3. The fraction of sp³-hybridized carbons (Fsp3) is 0.600. The van der Waals surface area contributed by atoms with Crippen molar-refractivity contribution in [3.63, 3.8) is 0 Å². The highest BCUT2D eigenvalue weighted by atomic mass is 32.2. The van der Waals surface area contributed by atoms with Crippen molar-refractivity contribution >= 4 is 10.0 Å². The maximum atomic E-state index is 14.2. The summed E-state index contributed by atoms with van der Waals surface area (Å²) in [6, 6.07) is 4.98. The zero-order valence-electron chi connectivity index (χ0n) is 12.2. The lowest BCUT2D eigenvalue weighted by atomic mass is 10.2. The van der Waals surface area contributed by atoms with Gasteiger partial charge in [0.2, 0.25) is 10.0 Å². The number of hydrogen-bond acceptors (Lipinski definition) is 3. The Morgan fingerprint density at radius 1 is 1.33 bits per heavy atom. The second-order valence-electron chi connectivity index (χ2n) is 6.18. The summed E-state index contributed by atoms with van der Waals surface area (Å²) in [5, 5.41) is 3.29. The number of rotatable bonds is 5. The summed E-state index contributed by atoms with van der Waals surface area (Å²) in [5.74, 6) is -0.311. The van der Waals surface area contributed by atoms with Crippen LogP contribution in [-0.4, -0.2) is 31.9 Å². The molecule has 0 bridgehead atoms. The first-order chi connectivity index (χ1) is 9.96. The molecule has 21 heavy (non-hydrogen) atoms. The zero-order valence-corrected chi connectivity index (χ0v) is 13.0. The summed E-state index contributed by atoms with van der Waals surface area (Å²) in [6.45, 7) is 3.56. The lowest BCUT2D eigenvalue weighted by Crippen LogP contribution is -2.29. The van der Waals surface area contributed by atoms with Gasteiger partial charge in [-0.3, -0.25) is 0 Å². The molecule has 6 heteroatoms. The van der Waals surface area contributed by atoms with Crippen molar-refractivity contribution in [2.24, 2.45) is 5.92 Å². The van der Waals surface area contributed by atoms with Gasteiger partial charge in [0.05, 0.1) is 0 Å². The molecular weight excluding hydrogens is 291 g/mol. The number of benzene rings is 1. The minimum atomic E-state index is -3.70. The Balaban J connectivity index is 1.77. The molecule has 116 valence electrons. The van der Waals surface area contributed by atoms with Crippen LogP contribution in [0.25, 0.3) is 0 Å². The molecule has 0 spiro atoms. The van der Waals surface area contributed by atoms with Gasteiger partial charge in [-0.05, 0) is 42.9 Å². The molecule has 1 aliphatic carbocycles. The molecule has 1 heterocycles. The van der Waals surface area contributed by atoms with Crippen LogP contribution in [0.5, 0.6) is 0 Å². The van der Waals surface area contributed by atoms with Crippen molar-refractivity contribution in [1.82, 2.24) is 9.62 Å². The lowest BCUT2D eigenvalue weighted by molar-refractivity contribution is 0.458. The Kier molecular flexibility index (Phi) is 4.03. The summed E-state index contributed by atoms with van der Waals surface area (Å²) < 4.78 is 40.5. The molecule has 1 aromatic rings. The highest BCUT2D eigenvalue weighted by molar-refractivity contribution is 7.89. The van der Waals surface area contributed by atoms with E-state index in [4.69, 9.17) is 0 Å². The lowest BCUT2D eigenvalue weighted by Gasteiger charge is -2.17. The molecule has 4 nitrogen and oxygen atoms in total. The minimum absolute atomic E-state index is 0.202. The van der Waals surface area contributed by atoms with E-state index in [1.165, 1.54) is 29.3 Å². The van der Waals surface area contributed by atoms with Crippen molar-refractivity contribution in [3.05, 3.63) is 29.6 Å². The van der Waals surface area contributed by atoms with Gasteiger partial charge in [-0.15, -0.1) is 0 Å². The quantitative estimate of drug-likeness (QED) is 0.906. The van der Waals surface area contributed by atoms with Crippen LogP contribution in [0.3, 0.4) is 0 Å². The predicted molar refractivity (Wildman–Crippen MR) is 78.8 cm³/mol. The van der Waals surface area contributed by atoms with Gasteiger partial charge in [0, 0.05) is 25.7 Å². The van der Waals surface area contributed by atoms with Crippen molar-refractivity contribution in [2.45, 2.75) is 43.7 Å². The van der Waals surface area contributed by atoms with E-state index in [1.54, 1.807) is 6.07 Å². The summed E-state index contributed by atoms with van der Waals surface area (Å²) in [7, 11) is -3.70. The molecule has 0 aromatic heterocycles. The molecule has 1 unspecified atom stereocenters. The molecule has 2 fully saturated rings. The molecule has 2 aliphatic rings. The van der Waals surface area contributed by atoms with Crippen molar-refractivity contribution in [2.75, 3.05) is 13.1 Å². The van der Waals surface area contributed by atoms with Gasteiger partial charge in [-0.2, -0.15) is 4.31 Å². The van der Waals surface area contributed by atoms with Gasteiger partial charge in [0.25, 0.3) is 0 Å². The number of nitrogens with one attached hydrogen (secondary N) is 1. The van der Waals surface area contributed by atoms with Gasteiger partial charge >= 0.3 is 0 Å². The second-order valence-corrected chi connectivity index (χ2v) is 8.08. The number of hydrogen-bond donors (Lipinski definition) is 1. The van der Waals surface area contributed by atoms with Crippen molar-refractivity contribution in [3.8, 4) is 0 Å². The van der Waals surface area contributed by atoms with E-state index >= 15 is 0 Å². The average molecular weight is 312 g/mol. The largest absolute Gasteiger partial charge is 0.310 e. The predicted octanol–water partition coefficient (Wildman–Crippen LogP) is 2.11. The summed E-state index contributed by atoms with van der Waals surface area (Å²) in [5.41, 5.74) is 0.785. The SMILES string of the molecule is CC1CCN(S(=O)(=O)c2ccc(CNC3CC3)cc2F)C1. The Morgan fingerprint density at radius 3 is 2.67 bits per heavy atom. The van der Waals surface area contributed by atoms with E-state index in [9.17, 15) is 12.8 Å². The normalized spacial score (nSPS) is 23.6. The van der Waals surface area contributed by atoms with E-state index in [1.807, 2.05) is 6.92 Å². The molecule has 1 aliphatic heterocycles. The van der Waals surface area contributed by atoms with Crippen LogP contribution in [0, 0.1) is 11.7 Å². The van der Waals surface area contributed by atoms with Crippen molar-refractivity contribution < 1.29 is 12.8 Å². The minimum Gasteiger partial charge on any atom is -0.310 e. The number of halogens is 1. The Hall–Kier alpha value is -0.980. The number of nitrogens with zero attached hydrogens (tertiary/aromatic N) is 1. The Bertz CT molecular complexity index is 629. The van der Waals surface area contributed by atoms with Crippen LogP contribution in [-0.2, 0) is 16.6 Å². The average Bonchev–Trinajstić information content (AvgIpc) is 3.16. The molecule has 1 saturated heterocycles. The summed E-state index contributed by atoms with van der Waals surface area (Å²) >= 11 is 0.